The van der Waals surface area contributed by atoms with Crippen LogP contribution in [0, 0.1) is 15.9 Å². The van der Waals surface area contributed by atoms with E-state index in [9.17, 15) is 19.3 Å². The van der Waals surface area contributed by atoms with Crippen molar-refractivity contribution in [3.8, 4) is 0 Å². The maximum absolute atomic E-state index is 13.4. The fourth-order valence-corrected chi connectivity index (χ4v) is 1.43. The summed E-state index contributed by atoms with van der Waals surface area (Å²) < 4.78 is 13.4. The van der Waals surface area contributed by atoms with Gasteiger partial charge in [-0.2, -0.15) is 0 Å². The minimum atomic E-state index is -0.780. The van der Waals surface area contributed by atoms with Gasteiger partial charge in [0.15, 0.2) is 5.82 Å². The van der Waals surface area contributed by atoms with Gasteiger partial charge in [-0.05, 0) is 19.9 Å². The first kappa shape index (κ1) is 13.9. The van der Waals surface area contributed by atoms with Gasteiger partial charge in [0.1, 0.15) is 5.56 Å². The maximum atomic E-state index is 13.4. The number of nitro benzene ring substituents is 1. The molecule has 0 unspecified atom stereocenters. The Morgan fingerprint density at radius 1 is 1.44 bits per heavy atom. The van der Waals surface area contributed by atoms with E-state index in [4.69, 9.17) is 0 Å². The molecule has 98 valence electrons. The minimum Gasteiger partial charge on any atom is -0.386 e. The van der Waals surface area contributed by atoms with Gasteiger partial charge in [-0.1, -0.05) is 0 Å². The summed E-state index contributed by atoms with van der Waals surface area (Å²) in [5, 5.41) is 15.9. The van der Waals surface area contributed by atoms with Crippen LogP contribution in [0.15, 0.2) is 12.1 Å². The number of nitro groups is 1. The molecule has 1 amide bonds. The Morgan fingerprint density at radius 3 is 2.50 bits per heavy atom. The first-order valence-electron chi connectivity index (χ1n) is 5.33. The Balaban J connectivity index is 3.30. The quantitative estimate of drug-likeness (QED) is 0.635. The molecule has 0 heterocycles. The lowest BCUT2D eigenvalue weighted by Gasteiger charge is -2.10. The highest BCUT2D eigenvalue weighted by atomic mass is 19.1. The molecule has 0 saturated heterocycles. The highest BCUT2D eigenvalue weighted by Gasteiger charge is 2.23. The van der Waals surface area contributed by atoms with E-state index >= 15 is 0 Å². The number of hydrogen-bond acceptors (Lipinski definition) is 4. The standard InChI is InChI=1S/C11H14FN3O3/c1-6(2)14-11(16)7-4-9(13-3)8(12)5-10(7)15(17)18/h4-6,13H,1-3H3,(H,14,16). The number of benzene rings is 1. The summed E-state index contributed by atoms with van der Waals surface area (Å²) in [6.45, 7) is 3.46. The van der Waals surface area contributed by atoms with Crippen LogP contribution in [-0.2, 0) is 0 Å². The molecule has 1 rings (SSSR count). The summed E-state index contributed by atoms with van der Waals surface area (Å²) in [6.07, 6.45) is 0. The van der Waals surface area contributed by atoms with Crippen molar-refractivity contribution >= 4 is 17.3 Å². The molecule has 0 fully saturated rings. The fraction of sp³-hybridized carbons (Fsp3) is 0.364. The first-order chi connectivity index (χ1) is 8.36. The van der Waals surface area contributed by atoms with E-state index in [1.54, 1.807) is 13.8 Å². The van der Waals surface area contributed by atoms with Crippen molar-refractivity contribution in [2.45, 2.75) is 19.9 Å². The van der Waals surface area contributed by atoms with Crippen LogP contribution in [0.25, 0.3) is 0 Å². The fourth-order valence-electron chi connectivity index (χ4n) is 1.43. The van der Waals surface area contributed by atoms with E-state index < -0.39 is 22.3 Å². The summed E-state index contributed by atoms with van der Waals surface area (Å²) in [4.78, 5) is 21.8. The summed E-state index contributed by atoms with van der Waals surface area (Å²) in [5.74, 6) is -1.38. The van der Waals surface area contributed by atoms with Gasteiger partial charge in [0.05, 0.1) is 16.7 Å². The average molecular weight is 255 g/mol. The third-order valence-corrected chi connectivity index (χ3v) is 2.22. The third kappa shape index (κ3) is 2.93. The van der Waals surface area contributed by atoms with E-state index in [1.807, 2.05) is 0 Å². The monoisotopic (exact) mass is 255 g/mol. The summed E-state index contributed by atoms with van der Waals surface area (Å²) in [7, 11) is 1.47. The zero-order valence-electron chi connectivity index (χ0n) is 10.3. The zero-order chi connectivity index (χ0) is 13.9. The molecule has 0 aliphatic heterocycles. The molecule has 1 aromatic rings. The highest BCUT2D eigenvalue weighted by molar-refractivity contribution is 5.99. The molecule has 0 aromatic heterocycles. The van der Waals surface area contributed by atoms with Gasteiger partial charge in [0, 0.05) is 13.1 Å². The molecule has 0 spiro atoms. The van der Waals surface area contributed by atoms with Crippen LogP contribution in [-0.4, -0.2) is 23.9 Å². The van der Waals surface area contributed by atoms with Crippen molar-refractivity contribution in [3.63, 3.8) is 0 Å². The molecule has 0 aliphatic rings. The number of amides is 1. The summed E-state index contributed by atoms with van der Waals surface area (Å²) in [6, 6.07) is 1.70. The van der Waals surface area contributed by atoms with E-state index in [2.05, 4.69) is 10.6 Å². The second kappa shape index (κ2) is 5.44. The molecule has 1 aromatic carbocycles. The number of hydrogen-bond donors (Lipinski definition) is 2. The van der Waals surface area contributed by atoms with Gasteiger partial charge >= 0.3 is 0 Å². The third-order valence-electron chi connectivity index (χ3n) is 2.22. The van der Waals surface area contributed by atoms with Gasteiger partial charge in [0.25, 0.3) is 11.6 Å². The molecule has 2 N–H and O–H groups in total. The molecule has 6 nitrogen and oxygen atoms in total. The lowest BCUT2D eigenvalue weighted by molar-refractivity contribution is -0.385. The lowest BCUT2D eigenvalue weighted by atomic mass is 10.1. The summed E-state index contributed by atoms with van der Waals surface area (Å²) in [5.41, 5.74) is -0.682. The van der Waals surface area contributed by atoms with Crippen molar-refractivity contribution in [1.82, 2.24) is 5.32 Å². The number of nitrogens with zero attached hydrogens (tertiary/aromatic N) is 1. The molecule has 0 saturated carbocycles. The van der Waals surface area contributed by atoms with Crippen molar-refractivity contribution < 1.29 is 14.1 Å². The number of rotatable bonds is 4. The largest absolute Gasteiger partial charge is 0.386 e. The van der Waals surface area contributed by atoms with Crippen LogP contribution in [0.1, 0.15) is 24.2 Å². The molecular weight excluding hydrogens is 241 g/mol. The van der Waals surface area contributed by atoms with Crippen LogP contribution in [0.4, 0.5) is 15.8 Å². The van der Waals surface area contributed by atoms with Gasteiger partial charge in [-0.3, -0.25) is 14.9 Å². The van der Waals surface area contributed by atoms with Crippen LogP contribution < -0.4 is 10.6 Å². The molecule has 0 aliphatic carbocycles. The van der Waals surface area contributed by atoms with Crippen LogP contribution in [0.3, 0.4) is 0 Å². The molecule has 0 atom stereocenters. The Hall–Kier alpha value is -2.18. The van der Waals surface area contributed by atoms with Gasteiger partial charge in [-0.25, -0.2) is 4.39 Å². The topological polar surface area (TPSA) is 84.3 Å². The number of halogens is 1. The van der Waals surface area contributed by atoms with E-state index in [-0.39, 0.29) is 17.3 Å². The Morgan fingerprint density at radius 2 is 2.06 bits per heavy atom. The van der Waals surface area contributed by atoms with Crippen molar-refractivity contribution in [2.75, 3.05) is 12.4 Å². The van der Waals surface area contributed by atoms with E-state index in [0.29, 0.717) is 0 Å². The SMILES string of the molecule is CNc1cc(C(=O)NC(C)C)c([N+](=O)[O-])cc1F. The van der Waals surface area contributed by atoms with Crippen molar-refractivity contribution in [3.05, 3.63) is 33.6 Å². The minimum absolute atomic E-state index is 0.0366. The molecule has 7 heteroatoms. The first-order valence-corrected chi connectivity index (χ1v) is 5.33. The Labute approximate surface area is 103 Å². The van der Waals surface area contributed by atoms with Gasteiger partial charge in [0.2, 0.25) is 0 Å². The van der Waals surface area contributed by atoms with Crippen LogP contribution >= 0.6 is 0 Å². The van der Waals surface area contributed by atoms with Crippen LogP contribution in [0.2, 0.25) is 0 Å². The number of anilines is 1. The average Bonchev–Trinajstić information content (AvgIpc) is 2.27. The second-order valence-corrected chi connectivity index (χ2v) is 3.98. The number of nitrogens with one attached hydrogen (secondary N) is 2. The number of carbonyl (C=O) groups excluding carboxylic acids is 1. The molecule has 18 heavy (non-hydrogen) atoms. The highest BCUT2D eigenvalue weighted by Crippen LogP contribution is 2.25. The smallest absolute Gasteiger partial charge is 0.285 e. The predicted octanol–water partition coefficient (Wildman–Crippen LogP) is 1.91. The van der Waals surface area contributed by atoms with Gasteiger partial charge in [-0.15, -0.1) is 0 Å². The summed E-state index contributed by atoms with van der Waals surface area (Å²) >= 11 is 0. The normalized spacial score (nSPS) is 10.3. The zero-order valence-corrected chi connectivity index (χ0v) is 10.3. The second-order valence-electron chi connectivity index (χ2n) is 3.98. The lowest BCUT2D eigenvalue weighted by Crippen LogP contribution is -2.30. The van der Waals surface area contributed by atoms with E-state index in [1.165, 1.54) is 7.05 Å². The number of carbonyl (C=O) groups is 1. The van der Waals surface area contributed by atoms with Crippen LogP contribution in [0.5, 0.6) is 0 Å². The van der Waals surface area contributed by atoms with Crippen molar-refractivity contribution in [2.24, 2.45) is 0 Å². The molecule has 0 bridgehead atoms. The van der Waals surface area contributed by atoms with E-state index in [0.717, 1.165) is 12.1 Å². The predicted molar refractivity (Wildman–Crippen MR) is 65.2 cm³/mol. The Bertz CT molecular complexity index is 489. The maximum Gasteiger partial charge on any atom is 0.285 e. The molecular formula is C11H14FN3O3. The molecule has 0 radical (unpaired) electrons. The van der Waals surface area contributed by atoms with Gasteiger partial charge < -0.3 is 10.6 Å². The Kier molecular flexibility index (Phi) is 4.19. The van der Waals surface area contributed by atoms with Crippen molar-refractivity contribution in [1.29, 1.82) is 0 Å².